The van der Waals surface area contributed by atoms with Crippen molar-refractivity contribution in [2.24, 2.45) is 0 Å². The molecule has 1 saturated heterocycles. The summed E-state index contributed by atoms with van der Waals surface area (Å²) in [6.45, 7) is 4.80. The van der Waals surface area contributed by atoms with Gasteiger partial charge in [-0.25, -0.2) is 9.36 Å². The highest BCUT2D eigenvalue weighted by Crippen LogP contribution is 2.16. The Balaban J connectivity index is 1.82. The second kappa shape index (κ2) is 6.37. The molecule has 7 nitrogen and oxygen atoms in total. The van der Waals surface area contributed by atoms with Crippen molar-refractivity contribution >= 4 is 5.91 Å². The van der Waals surface area contributed by atoms with Crippen LogP contribution in [-0.2, 0) is 16.1 Å². The summed E-state index contributed by atoms with van der Waals surface area (Å²) in [5.41, 5.74) is 0.731. The molecule has 0 spiro atoms. The van der Waals surface area contributed by atoms with Crippen LogP contribution in [0.25, 0.3) is 11.4 Å². The molecule has 0 radical (unpaired) electrons. The molecule has 0 saturated carbocycles. The maximum Gasteiger partial charge on any atom is 0.442 e. The number of ether oxygens (including phenoxy) is 1. The van der Waals surface area contributed by atoms with Crippen molar-refractivity contribution in [1.29, 1.82) is 0 Å². The van der Waals surface area contributed by atoms with Crippen LogP contribution < -0.4 is 5.76 Å². The summed E-state index contributed by atoms with van der Waals surface area (Å²) >= 11 is 0. The molecule has 2 aromatic rings. The molecule has 1 aliphatic rings. The molecule has 1 aromatic heterocycles. The van der Waals surface area contributed by atoms with E-state index in [0.717, 1.165) is 5.56 Å². The summed E-state index contributed by atoms with van der Waals surface area (Å²) in [7, 11) is 0. The largest absolute Gasteiger partial charge is 0.442 e. The number of nitrogens with zero attached hydrogens (tertiary/aromatic N) is 3. The highest BCUT2D eigenvalue weighted by molar-refractivity contribution is 5.76. The molecule has 2 atom stereocenters. The number of amides is 1. The van der Waals surface area contributed by atoms with Crippen molar-refractivity contribution in [3.8, 4) is 11.4 Å². The van der Waals surface area contributed by atoms with E-state index in [9.17, 15) is 9.59 Å². The van der Waals surface area contributed by atoms with Gasteiger partial charge in [-0.2, -0.15) is 0 Å². The average Bonchev–Trinajstić information content (AvgIpc) is 2.88. The highest BCUT2D eigenvalue weighted by atomic mass is 16.5. The van der Waals surface area contributed by atoms with Gasteiger partial charge in [-0.05, 0) is 13.8 Å². The molecule has 2 heterocycles. The summed E-state index contributed by atoms with van der Waals surface area (Å²) in [5.74, 6) is -0.417. The van der Waals surface area contributed by atoms with Gasteiger partial charge in [0, 0.05) is 18.7 Å². The molecule has 0 N–H and O–H groups in total. The van der Waals surface area contributed by atoms with E-state index >= 15 is 0 Å². The van der Waals surface area contributed by atoms with Gasteiger partial charge in [0.05, 0.1) is 12.2 Å². The Hall–Kier alpha value is -2.41. The minimum Gasteiger partial charge on any atom is -0.372 e. The minimum absolute atomic E-state index is 0.0181. The fourth-order valence-corrected chi connectivity index (χ4v) is 2.82. The first-order valence-electron chi connectivity index (χ1n) is 7.59. The molecule has 1 aliphatic heterocycles. The Kier molecular flexibility index (Phi) is 4.29. The van der Waals surface area contributed by atoms with Gasteiger partial charge in [-0.3, -0.25) is 9.32 Å². The Morgan fingerprint density at radius 1 is 1.22 bits per heavy atom. The van der Waals surface area contributed by atoms with Crippen LogP contribution in [0, 0.1) is 0 Å². The van der Waals surface area contributed by atoms with Crippen molar-refractivity contribution in [2.45, 2.75) is 32.6 Å². The predicted octanol–water partition coefficient (Wildman–Crippen LogP) is 1.14. The van der Waals surface area contributed by atoms with Gasteiger partial charge in [0.15, 0.2) is 5.82 Å². The van der Waals surface area contributed by atoms with Crippen LogP contribution in [0.1, 0.15) is 13.8 Å². The summed E-state index contributed by atoms with van der Waals surface area (Å²) in [6.07, 6.45) is -0.0361. The molecule has 7 heteroatoms. The summed E-state index contributed by atoms with van der Waals surface area (Å²) in [6, 6.07) is 9.18. The maximum absolute atomic E-state index is 12.5. The second-order valence-electron chi connectivity index (χ2n) is 5.78. The van der Waals surface area contributed by atoms with E-state index in [1.807, 2.05) is 44.2 Å². The van der Waals surface area contributed by atoms with Crippen molar-refractivity contribution in [3.05, 3.63) is 40.9 Å². The van der Waals surface area contributed by atoms with E-state index in [4.69, 9.17) is 9.26 Å². The lowest BCUT2D eigenvalue weighted by molar-refractivity contribution is -0.143. The zero-order chi connectivity index (χ0) is 16.4. The monoisotopic (exact) mass is 317 g/mol. The van der Waals surface area contributed by atoms with Crippen molar-refractivity contribution in [1.82, 2.24) is 14.6 Å². The SMILES string of the molecule is CC1CN(C(=O)Cn2c(-c3ccccc3)noc2=O)CC(C)O1. The van der Waals surface area contributed by atoms with Crippen molar-refractivity contribution in [2.75, 3.05) is 13.1 Å². The van der Waals surface area contributed by atoms with E-state index in [-0.39, 0.29) is 24.7 Å². The van der Waals surface area contributed by atoms with Gasteiger partial charge in [-0.15, -0.1) is 0 Å². The van der Waals surface area contributed by atoms with Gasteiger partial charge in [-0.1, -0.05) is 35.5 Å². The second-order valence-corrected chi connectivity index (χ2v) is 5.78. The van der Waals surface area contributed by atoms with Crippen LogP contribution in [0.5, 0.6) is 0 Å². The molecule has 1 aromatic carbocycles. The van der Waals surface area contributed by atoms with Gasteiger partial charge in [0.2, 0.25) is 5.91 Å². The number of morpholine rings is 1. The van der Waals surface area contributed by atoms with Crippen molar-refractivity contribution in [3.63, 3.8) is 0 Å². The van der Waals surface area contributed by atoms with Crippen LogP contribution in [-0.4, -0.2) is 45.8 Å². The summed E-state index contributed by atoms with van der Waals surface area (Å²) in [5, 5.41) is 3.79. The third-order valence-corrected chi connectivity index (χ3v) is 3.78. The van der Waals surface area contributed by atoms with Crippen LogP contribution in [0.15, 0.2) is 39.6 Å². The Labute approximate surface area is 133 Å². The fraction of sp³-hybridized carbons (Fsp3) is 0.438. The van der Waals surface area contributed by atoms with E-state index in [2.05, 4.69) is 5.16 Å². The number of hydrogen-bond acceptors (Lipinski definition) is 5. The summed E-state index contributed by atoms with van der Waals surface area (Å²) < 4.78 is 11.6. The molecule has 3 rings (SSSR count). The normalized spacial score (nSPS) is 21.4. The molecular weight excluding hydrogens is 298 g/mol. The smallest absolute Gasteiger partial charge is 0.372 e. The van der Waals surface area contributed by atoms with E-state index in [0.29, 0.717) is 18.9 Å². The van der Waals surface area contributed by atoms with Gasteiger partial charge in [0.25, 0.3) is 0 Å². The predicted molar refractivity (Wildman–Crippen MR) is 82.8 cm³/mol. The van der Waals surface area contributed by atoms with Crippen LogP contribution in [0.4, 0.5) is 0 Å². The Morgan fingerprint density at radius 2 is 1.87 bits per heavy atom. The van der Waals surface area contributed by atoms with Crippen molar-refractivity contribution < 1.29 is 14.1 Å². The zero-order valence-corrected chi connectivity index (χ0v) is 13.1. The third kappa shape index (κ3) is 3.34. The molecule has 23 heavy (non-hydrogen) atoms. The van der Waals surface area contributed by atoms with Gasteiger partial charge < -0.3 is 9.64 Å². The number of carbonyl (C=O) groups excluding carboxylic acids is 1. The number of hydrogen-bond donors (Lipinski definition) is 0. The molecule has 122 valence electrons. The fourth-order valence-electron chi connectivity index (χ4n) is 2.82. The van der Waals surface area contributed by atoms with Crippen LogP contribution in [0.3, 0.4) is 0 Å². The Bertz CT molecular complexity index is 727. The van der Waals surface area contributed by atoms with E-state index in [1.165, 1.54) is 4.57 Å². The average molecular weight is 317 g/mol. The lowest BCUT2D eigenvalue weighted by Gasteiger charge is -2.35. The topological polar surface area (TPSA) is 77.6 Å². The number of benzene rings is 1. The minimum atomic E-state index is -0.633. The number of carbonyl (C=O) groups is 1. The van der Waals surface area contributed by atoms with Crippen LogP contribution >= 0.6 is 0 Å². The zero-order valence-electron chi connectivity index (χ0n) is 13.1. The third-order valence-electron chi connectivity index (χ3n) is 3.78. The molecule has 0 aliphatic carbocycles. The first kappa shape index (κ1) is 15.5. The quantitative estimate of drug-likeness (QED) is 0.848. The van der Waals surface area contributed by atoms with Gasteiger partial charge in [0.1, 0.15) is 6.54 Å². The molecule has 1 amide bonds. The van der Waals surface area contributed by atoms with Gasteiger partial charge >= 0.3 is 5.76 Å². The highest BCUT2D eigenvalue weighted by Gasteiger charge is 2.27. The molecule has 0 bridgehead atoms. The lowest BCUT2D eigenvalue weighted by Crippen LogP contribution is -2.49. The van der Waals surface area contributed by atoms with E-state index in [1.54, 1.807) is 4.90 Å². The first-order valence-corrected chi connectivity index (χ1v) is 7.59. The first-order chi connectivity index (χ1) is 11.0. The van der Waals surface area contributed by atoms with Crippen LogP contribution in [0.2, 0.25) is 0 Å². The number of aromatic nitrogens is 2. The maximum atomic E-state index is 12.5. The molecular formula is C16H19N3O4. The summed E-state index contributed by atoms with van der Waals surface area (Å²) in [4.78, 5) is 26.1. The Morgan fingerprint density at radius 3 is 2.52 bits per heavy atom. The standard InChI is InChI=1S/C16H19N3O4/c1-11-8-18(9-12(2)22-11)14(20)10-19-15(17-23-16(19)21)13-6-4-3-5-7-13/h3-7,11-12H,8-10H2,1-2H3. The van der Waals surface area contributed by atoms with E-state index < -0.39 is 5.76 Å². The number of rotatable bonds is 3. The lowest BCUT2D eigenvalue weighted by atomic mass is 10.2. The molecule has 1 fully saturated rings. The molecule has 2 unspecified atom stereocenters.